The van der Waals surface area contributed by atoms with Gasteiger partial charge in [-0.05, 0) is 104 Å². The van der Waals surface area contributed by atoms with E-state index in [9.17, 15) is 0 Å². The summed E-state index contributed by atoms with van der Waals surface area (Å²) in [6.45, 7) is 0.995. The highest BCUT2D eigenvalue weighted by Gasteiger charge is 2.76. The van der Waals surface area contributed by atoms with Gasteiger partial charge in [0.25, 0.3) is 0 Å². The molecule has 8 fully saturated rings. The number of hydrogen-bond acceptors (Lipinski definition) is 1. The molecule has 0 aromatic heterocycles. The second-order valence-corrected chi connectivity index (χ2v) is 8.84. The van der Waals surface area contributed by atoms with Gasteiger partial charge in [-0.3, -0.25) is 0 Å². The first-order valence-electron chi connectivity index (χ1n) is 8.53. The first-order valence-corrected chi connectivity index (χ1v) is 8.53. The molecule has 0 aromatic rings. The van der Waals surface area contributed by atoms with Crippen LogP contribution in [0.5, 0.6) is 0 Å². The molecule has 0 radical (unpaired) electrons. The average molecular weight is 243 g/mol. The first kappa shape index (κ1) is 9.80. The second kappa shape index (κ2) is 2.71. The van der Waals surface area contributed by atoms with Crippen LogP contribution in [0.2, 0.25) is 0 Å². The number of hydrogen-bond donors (Lipinski definition) is 1. The third kappa shape index (κ3) is 0.797. The molecule has 8 aliphatic rings. The minimum absolute atomic E-state index is 0.796. The quantitative estimate of drug-likeness (QED) is 0.753. The van der Waals surface area contributed by atoms with Gasteiger partial charge in [0, 0.05) is 0 Å². The first-order chi connectivity index (χ1) is 8.83. The van der Waals surface area contributed by atoms with Crippen molar-refractivity contribution in [2.75, 3.05) is 6.54 Å². The fraction of sp³-hybridized carbons (Fsp3) is 1.00. The zero-order valence-electron chi connectivity index (χ0n) is 11.2. The van der Waals surface area contributed by atoms with E-state index in [4.69, 9.17) is 5.73 Å². The standard InChI is InChI=1S/C17H25N/c18-7-10-6-17(10)9-4-12-11-1-8-2-14(12)16(17)15(3-8)13(11)5-9/h8-16H,1-7,18H2/t8?,9?,10?,11?,12-,13+,14+,15-,16?,17?. The lowest BCUT2D eigenvalue weighted by Gasteiger charge is -2.72. The van der Waals surface area contributed by atoms with Crippen molar-refractivity contribution in [3.8, 4) is 0 Å². The van der Waals surface area contributed by atoms with Gasteiger partial charge in [0.2, 0.25) is 0 Å². The fourth-order valence-electron chi connectivity index (χ4n) is 8.78. The summed E-state index contributed by atoms with van der Waals surface area (Å²) in [7, 11) is 0. The molecule has 8 bridgehead atoms. The molecule has 1 spiro atoms. The maximum atomic E-state index is 6.07. The van der Waals surface area contributed by atoms with Crippen molar-refractivity contribution in [1.29, 1.82) is 0 Å². The van der Waals surface area contributed by atoms with Gasteiger partial charge in [0.1, 0.15) is 0 Å². The predicted octanol–water partition coefficient (Wildman–Crippen LogP) is 2.90. The van der Waals surface area contributed by atoms with Gasteiger partial charge in [-0.15, -0.1) is 0 Å². The zero-order valence-corrected chi connectivity index (χ0v) is 11.2. The molecule has 18 heavy (non-hydrogen) atoms. The van der Waals surface area contributed by atoms with Crippen LogP contribution in [-0.2, 0) is 0 Å². The molecular weight excluding hydrogens is 218 g/mol. The summed E-state index contributed by atoms with van der Waals surface area (Å²) in [5.41, 5.74) is 6.87. The van der Waals surface area contributed by atoms with E-state index in [2.05, 4.69) is 0 Å². The van der Waals surface area contributed by atoms with E-state index in [1.54, 1.807) is 32.1 Å². The third-order valence-electron chi connectivity index (χ3n) is 8.92. The summed E-state index contributed by atoms with van der Waals surface area (Å²) in [5, 5.41) is 0. The molecule has 0 aromatic carbocycles. The Labute approximate surface area is 110 Å². The monoisotopic (exact) mass is 243 g/mol. The van der Waals surface area contributed by atoms with E-state index in [1.807, 2.05) is 0 Å². The summed E-state index contributed by atoms with van der Waals surface area (Å²) in [4.78, 5) is 0. The van der Waals surface area contributed by atoms with Crippen LogP contribution in [0.25, 0.3) is 0 Å². The predicted molar refractivity (Wildman–Crippen MR) is 70.6 cm³/mol. The van der Waals surface area contributed by atoms with E-state index in [0.29, 0.717) is 0 Å². The zero-order chi connectivity index (χ0) is 11.6. The molecule has 8 saturated carbocycles. The fourth-order valence-corrected chi connectivity index (χ4v) is 8.78. The molecule has 6 unspecified atom stereocenters. The van der Waals surface area contributed by atoms with Gasteiger partial charge in [-0.25, -0.2) is 0 Å². The Morgan fingerprint density at radius 3 is 2.06 bits per heavy atom. The minimum atomic E-state index is 0.796. The van der Waals surface area contributed by atoms with Crippen LogP contribution in [0, 0.1) is 58.7 Å². The van der Waals surface area contributed by atoms with Crippen LogP contribution in [0.1, 0.15) is 38.5 Å². The smallest absolute Gasteiger partial charge is 0.00431 e. The molecular formula is C17H25N. The highest BCUT2D eigenvalue weighted by atomic mass is 14.8. The largest absolute Gasteiger partial charge is 0.330 e. The molecule has 8 rings (SSSR count). The summed E-state index contributed by atoms with van der Waals surface area (Å²) >= 11 is 0. The Bertz CT molecular complexity index is 407. The topological polar surface area (TPSA) is 26.0 Å². The molecule has 2 N–H and O–H groups in total. The summed E-state index contributed by atoms with van der Waals surface area (Å²) in [6, 6.07) is 0. The molecule has 0 aliphatic heterocycles. The minimum Gasteiger partial charge on any atom is -0.330 e. The lowest BCUT2D eigenvalue weighted by atomic mass is 9.32. The van der Waals surface area contributed by atoms with E-state index < -0.39 is 0 Å². The van der Waals surface area contributed by atoms with E-state index >= 15 is 0 Å². The maximum absolute atomic E-state index is 6.07. The Morgan fingerprint density at radius 2 is 1.44 bits per heavy atom. The second-order valence-electron chi connectivity index (χ2n) is 8.84. The Hall–Kier alpha value is -0.0400. The van der Waals surface area contributed by atoms with Crippen molar-refractivity contribution in [2.24, 2.45) is 64.4 Å². The lowest BCUT2D eigenvalue weighted by molar-refractivity contribution is -0.241. The Kier molecular flexibility index (Phi) is 1.47. The Morgan fingerprint density at radius 1 is 0.833 bits per heavy atom. The van der Waals surface area contributed by atoms with Crippen LogP contribution in [0.4, 0.5) is 0 Å². The van der Waals surface area contributed by atoms with Crippen molar-refractivity contribution in [2.45, 2.75) is 38.5 Å². The molecule has 98 valence electrons. The molecule has 0 amide bonds. The summed E-state index contributed by atoms with van der Waals surface area (Å²) < 4.78 is 0. The average Bonchev–Trinajstić information content (AvgIpc) is 3.11. The van der Waals surface area contributed by atoms with Crippen LogP contribution < -0.4 is 5.73 Å². The van der Waals surface area contributed by atoms with Crippen molar-refractivity contribution >= 4 is 0 Å². The van der Waals surface area contributed by atoms with Crippen LogP contribution in [0.3, 0.4) is 0 Å². The van der Waals surface area contributed by atoms with E-state index in [0.717, 1.165) is 47.5 Å². The van der Waals surface area contributed by atoms with Crippen molar-refractivity contribution in [3.05, 3.63) is 0 Å². The maximum Gasteiger partial charge on any atom is -0.00431 e. The van der Waals surface area contributed by atoms with Gasteiger partial charge in [-0.1, -0.05) is 0 Å². The van der Waals surface area contributed by atoms with Gasteiger partial charge < -0.3 is 5.73 Å². The molecule has 0 saturated heterocycles. The molecule has 1 nitrogen and oxygen atoms in total. The van der Waals surface area contributed by atoms with Gasteiger partial charge in [-0.2, -0.15) is 0 Å². The van der Waals surface area contributed by atoms with Crippen molar-refractivity contribution in [3.63, 3.8) is 0 Å². The number of rotatable bonds is 1. The number of nitrogens with two attached hydrogens (primary N) is 1. The van der Waals surface area contributed by atoms with Crippen molar-refractivity contribution < 1.29 is 0 Å². The van der Waals surface area contributed by atoms with Crippen LogP contribution in [-0.4, -0.2) is 6.54 Å². The molecule has 0 heterocycles. The van der Waals surface area contributed by atoms with E-state index in [-0.39, 0.29) is 0 Å². The highest BCUT2D eigenvalue weighted by Crippen LogP contribution is 2.82. The van der Waals surface area contributed by atoms with Gasteiger partial charge >= 0.3 is 0 Å². The van der Waals surface area contributed by atoms with Gasteiger partial charge in [0.05, 0.1) is 0 Å². The van der Waals surface area contributed by atoms with Crippen LogP contribution in [0.15, 0.2) is 0 Å². The summed E-state index contributed by atoms with van der Waals surface area (Å²) in [5.74, 6) is 10.2. The summed E-state index contributed by atoms with van der Waals surface area (Å²) in [6.07, 6.45) is 9.66. The highest BCUT2D eigenvalue weighted by molar-refractivity contribution is 5.25. The normalized spacial score (nSPS) is 73.5. The Balaban J connectivity index is 1.52. The molecule has 10 atom stereocenters. The lowest BCUT2D eigenvalue weighted by Crippen LogP contribution is -2.66. The van der Waals surface area contributed by atoms with E-state index in [1.165, 1.54) is 24.2 Å². The molecule has 1 heteroatoms. The van der Waals surface area contributed by atoms with Crippen molar-refractivity contribution in [1.82, 2.24) is 0 Å². The SMILES string of the molecule is NCC1CC12C1C[C@@H]3C4CC5C[C@@H]3C2[C@H](C5)[C@H]4C1. The van der Waals surface area contributed by atoms with Crippen LogP contribution >= 0.6 is 0 Å². The van der Waals surface area contributed by atoms with Gasteiger partial charge in [0.15, 0.2) is 0 Å². The molecule has 8 aliphatic carbocycles. The third-order valence-corrected chi connectivity index (χ3v) is 8.92.